The van der Waals surface area contributed by atoms with Crippen LogP contribution < -0.4 is 0 Å². The fourth-order valence-corrected chi connectivity index (χ4v) is 1.86. The topological polar surface area (TPSA) is 34.1 Å². The third kappa shape index (κ3) is 2.38. The van der Waals surface area contributed by atoms with Crippen molar-refractivity contribution in [3.63, 3.8) is 0 Å². The molecule has 0 fully saturated rings. The second-order valence-electron chi connectivity index (χ2n) is 4.15. The lowest BCUT2D eigenvalue weighted by Gasteiger charge is -2.07. The van der Waals surface area contributed by atoms with Gasteiger partial charge in [-0.05, 0) is 31.5 Å². The Labute approximate surface area is 106 Å². The van der Waals surface area contributed by atoms with Crippen LogP contribution in [0.5, 0.6) is 0 Å². The van der Waals surface area contributed by atoms with Crippen LogP contribution in [0, 0.1) is 6.07 Å². The van der Waals surface area contributed by atoms with Crippen molar-refractivity contribution in [1.29, 1.82) is 0 Å². The molecular weight excluding hydrogens is 224 g/mol. The van der Waals surface area contributed by atoms with Crippen LogP contribution in [0.1, 0.15) is 34.6 Å². The minimum absolute atomic E-state index is 0.00456. The maximum atomic E-state index is 11.6. The van der Waals surface area contributed by atoms with Crippen LogP contribution in [0.4, 0.5) is 0 Å². The van der Waals surface area contributed by atoms with E-state index in [0.29, 0.717) is 11.1 Å². The van der Waals surface area contributed by atoms with Gasteiger partial charge in [0, 0.05) is 16.7 Å². The van der Waals surface area contributed by atoms with E-state index in [1.807, 2.05) is 12.1 Å². The lowest BCUT2D eigenvalue weighted by molar-refractivity contribution is 0.101. The van der Waals surface area contributed by atoms with Crippen molar-refractivity contribution in [3.05, 3.63) is 59.7 Å². The van der Waals surface area contributed by atoms with Crippen LogP contribution in [-0.4, -0.2) is 11.6 Å². The van der Waals surface area contributed by atoms with Gasteiger partial charge in [0.2, 0.25) is 0 Å². The van der Waals surface area contributed by atoms with Crippen molar-refractivity contribution in [2.75, 3.05) is 0 Å². The Bertz CT molecular complexity index is 612. The second-order valence-corrected chi connectivity index (χ2v) is 4.15. The molecular formula is C16H13O2. The fraction of sp³-hybridized carbons (Fsp3) is 0.125. The molecule has 0 unspecified atom stereocenters. The molecule has 2 rings (SSSR count). The van der Waals surface area contributed by atoms with E-state index in [9.17, 15) is 9.59 Å². The van der Waals surface area contributed by atoms with Crippen LogP contribution >= 0.6 is 0 Å². The Kier molecular flexibility index (Phi) is 3.38. The largest absolute Gasteiger partial charge is 0.295 e. The minimum atomic E-state index is -0.00456. The van der Waals surface area contributed by atoms with Crippen LogP contribution in [0.3, 0.4) is 0 Å². The summed E-state index contributed by atoms with van der Waals surface area (Å²) in [6, 6.07) is 15.6. The first-order valence-electron chi connectivity index (χ1n) is 5.72. The Balaban J connectivity index is 2.58. The summed E-state index contributed by atoms with van der Waals surface area (Å²) in [5.74, 6) is 0.00670. The van der Waals surface area contributed by atoms with E-state index >= 15 is 0 Å². The first kappa shape index (κ1) is 12.2. The third-order valence-corrected chi connectivity index (χ3v) is 2.79. The molecule has 0 aromatic heterocycles. The van der Waals surface area contributed by atoms with E-state index < -0.39 is 0 Å². The molecule has 0 saturated carbocycles. The highest BCUT2D eigenvalue weighted by Gasteiger charge is 2.09. The first-order valence-corrected chi connectivity index (χ1v) is 5.72. The lowest BCUT2D eigenvalue weighted by atomic mass is 9.96. The van der Waals surface area contributed by atoms with Crippen LogP contribution in [0.2, 0.25) is 0 Å². The molecule has 18 heavy (non-hydrogen) atoms. The second kappa shape index (κ2) is 4.96. The molecule has 2 nitrogen and oxygen atoms in total. The molecule has 2 aromatic rings. The number of rotatable bonds is 3. The van der Waals surface area contributed by atoms with E-state index in [-0.39, 0.29) is 11.6 Å². The molecule has 2 aromatic carbocycles. The monoisotopic (exact) mass is 237 g/mol. The first-order chi connectivity index (χ1) is 8.59. The van der Waals surface area contributed by atoms with Crippen LogP contribution in [-0.2, 0) is 0 Å². The van der Waals surface area contributed by atoms with Gasteiger partial charge in [0.25, 0.3) is 0 Å². The smallest absolute Gasteiger partial charge is 0.160 e. The number of Topliss-reactive ketones (excluding diaryl/α,β-unsaturated/α-hetero) is 2. The average Bonchev–Trinajstić information content (AvgIpc) is 2.39. The van der Waals surface area contributed by atoms with Gasteiger partial charge in [0.1, 0.15) is 0 Å². The zero-order valence-corrected chi connectivity index (χ0v) is 10.4. The van der Waals surface area contributed by atoms with Crippen LogP contribution in [0.25, 0.3) is 11.1 Å². The zero-order chi connectivity index (χ0) is 13.1. The summed E-state index contributed by atoms with van der Waals surface area (Å²) in [5.41, 5.74) is 2.85. The summed E-state index contributed by atoms with van der Waals surface area (Å²) < 4.78 is 0. The molecule has 2 heteroatoms. The highest BCUT2D eigenvalue weighted by Crippen LogP contribution is 2.24. The highest BCUT2D eigenvalue weighted by atomic mass is 16.1. The molecule has 0 bridgehead atoms. The lowest BCUT2D eigenvalue weighted by Crippen LogP contribution is -1.97. The molecule has 89 valence electrons. The molecule has 0 saturated heterocycles. The Hall–Kier alpha value is -2.22. The van der Waals surface area contributed by atoms with Crippen molar-refractivity contribution in [2.24, 2.45) is 0 Å². The summed E-state index contributed by atoms with van der Waals surface area (Å²) in [4.78, 5) is 22.9. The zero-order valence-electron chi connectivity index (χ0n) is 10.4. The predicted octanol–water partition coefficient (Wildman–Crippen LogP) is 3.56. The van der Waals surface area contributed by atoms with E-state index in [0.717, 1.165) is 11.1 Å². The van der Waals surface area contributed by atoms with Gasteiger partial charge in [-0.3, -0.25) is 9.59 Å². The van der Waals surface area contributed by atoms with Gasteiger partial charge >= 0.3 is 0 Å². The van der Waals surface area contributed by atoms with E-state index in [1.54, 1.807) is 30.3 Å². The summed E-state index contributed by atoms with van der Waals surface area (Å²) in [6.07, 6.45) is 0. The van der Waals surface area contributed by atoms with E-state index in [1.165, 1.54) is 13.8 Å². The third-order valence-electron chi connectivity index (χ3n) is 2.79. The predicted molar refractivity (Wildman–Crippen MR) is 70.7 cm³/mol. The van der Waals surface area contributed by atoms with Crippen molar-refractivity contribution >= 4 is 11.6 Å². The normalized spacial score (nSPS) is 10.1. The van der Waals surface area contributed by atoms with Gasteiger partial charge in [-0.15, -0.1) is 0 Å². The van der Waals surface area contributed by atoms with Crippen molar-refractivity contribution in [2.45, 2.75) is 13.8 Å². The van der Waals surface area contributed by atoms with Gasteiger partial charge in [-0.2, -0.15) is 0 Å². The molecule has 0 heterocycles. The number of carbonyl (C=O) groups is 2. The Morgan fingerprint density at radius 2 is 1.78 bits per heavy atom. The fourth-order valence-electron chi connectivity index (χ4n) is 1.86. The number of carbonyl (C=O) groups excluding carboxylic acids is 2. The van der Waals surface area contributed by atoms with E-state index in [2.05, 4.69) is 6.07 Å². The molecule has 0 aliphatic carbocycles. The molecule has 0 spiro atoms. The SMILES string of the molecule is CC(=O)c1cccc(-c2[c]cccc2C(C)=O)c1. The summed E-state index contributed by atoms with van der Waals surface area (Å²) in [5, 5.41) is 0. The molecule has 1 radical (unpaired) electrons. The molecule has 0 atom stereocenters. The Morgan fingerprint density at radius 1 is 1.00 bits per heavy atom. The molecule has 0 N–H and O–H groups in total. The summed E-state index contributed by atoms with van der Waals surface area (Å²) in [7, 11) is 0. The maximum Gasteiger partial charge on any atom is 0.160 e. The number of hydrogen-bond acceptors (Lipinski definition) is 2. The number of benzene rings is 2. The molecule has 0 aliphatic rings. The quantitative estimate of drug-likeness (QED) is 0.765. The number of ketones is 2. The van der Waals surface area contributed by atoms with E-state index in [4.69, 9.17) is 0 Å². The van der Waals surface area contributed by atoms with Gasteiger partial charge in [0.15, 0.2) is 11.6 Å². The van der Waals surface area contributed by atoms with Gasteiger partial charge < -0.3 is 0 Å². The van der Waals surface area contributed by atoms with Gasteiger partial charge in [0.05, 0.1) is 0 Å². The van der Waals surface area contributed by atoms with Crippen molar-refractivity contribution in [1.82, 2.24) is 0 Å². The molecule has 0 aliphatic heterocycles. The summed E-state index contributed by atoms with van der Waals surface area (Å²) >= 11 is 0. The standard InChI is InChI=1S/C16H13O2/c1-11(17)13-6-5-7-14(10-13)16-9-4-3-8-15(16)12(2)18/h3-8,10H,1-2H3. The molecule has 0 amide bonds. The number of hydrogen-bond donors (Lipinski definition) is 0. The van der Waals surface area contributed by atoms with Gasteiger partial charge in [-0.25, -0.2) is 0 Å². The van der Waals surface area contributed by atoms with Crippen molar-refractivity contribution in [3.8, 4) is 11.1 Å². The summed E-state index contributed by atoms with van der Waals surface area (Å²) in [6.45, 7) is 3.06. The van der Waals surface area contributed by atoms with Crippen molar-refractivity contribution < 1.29 is 9.59 Å². The maximum absolute atomic E-state index is 11.6. The van der Waals surface area contributed by atoms with Gasteiger partial charge in [-0.1, -0.05) is 36.4 Å². The highest BCUT2D eigenvalue weighted by molar-refractivity contribution is 6.01. The van der Waals surface area contributed by atoms with Crippen LogP contribution in [0.15, 0.2) is 42.5 Å². The average molecular weight is 237 g/mol. The Morgan fingerprint density at radius 3 is 2.44 bits per heavy atom. The minimum Gasteiger partial charge on any atom is -0.295 e.